The molecule has 2 N–H and O–H groups in total. The number of benzene rings is 2. The number of fused-ring (bicyclic) bond motifs is 4. The monoisotopic (exact) mass is 423 g/mol. The number of aliphatic hydroxyl groups excluding tert-OH is 1. The van der Waals surface area contributed by atoms with E-state index in [9.17, 15) is 14.7 Å². The first-order valence-electron chi connectivity index (χ1n) is 9.54. The lowest BCUT2D eigenvalue weighted by atomic mass is 10.1. The Bertz CT molecular complexity index is 1410. The minimum absolute atomic E-state index is 0.229. The zero-order valence-electron chi connectivity index (χ0n) is 16.3. The predicted molar refractivity (Wildman–Crippen MR) is 113 cm³/mol. The van der Waals surface area contributed by atoms with E-state index in [2.05, 4.69) is 10.5 Å². The Morgan fingerprint density at radius 3 is 2.87 bits per heavy atom. The molecule has 5 rings (SSSR count). The standard InChI is InChI=1S/C22H18ClN3O4/c1-10-18-21(25-30-10)19-15(23)4-3-5-16(19)26(22(18)29)13-7-6-12-8-17(28)20(14(12)9-13)24-11(2)27/h3-7,9,17,20,28H,8H2,1-2H3,(H,24,27). The van der Waals surface area contributed by atoms with Crippen LogP contribution in [0.5, 0.6) is 0 Å². The summed E-state index contributed by atoms with van der Waals surface area (Å²) in [5.41, 5.74) is 3.10. The van der Waals surface area contributed by atoms with E-state index in [4.69, 9.17) is 16.1 Å². The van der Waals surface area contributed by atoms with Gasteiger partial charge in [0, 0.05) is 24.4 Å². The molecule has 2 unspecified atom stereocenters. The van der Waals surface area contributed by atoms with Gasteiger partial charge in [0.2, 0.25) is 5.91 Å². The molecule has 2 atom stereocenters. The van der Waals surface area contributed by atoms with Crippen LogP contribution in [0.4, 0.5) is 0 Å². The van der Waals surface area contributed by atoms with E-state index in [0.717, 1.165) is 11.1 Å². The largest absolute Gasteiger partial charge is 0.390 e. The number of aryl methyl sites for hydroxylation is 1. The number of hydrogen-bond donors (Lipinski definition) is 2. The molecule has 0 fully saturated rings. The molecule has 0 aliphatic heterocycles. The van der Waals surface area contributed by atoms with Crippen LogP contribution in [0.15, 0.2) is 45.7 Å². The maximum atomic E-state index is 13.5. The van der Waals surface area contributed by atoms with Crippen LogP contribution < -0.4 is 10.9 Å². The van der Waals surface area contributed by atoms with E-state index in [1.165, 1.54) is 6.92 Å². The van der Waals surface area contributed by atoms with Crippen LogP contribution in [0.3, 0.4) is 0 Å². The summed E-state index contributed by atoms with van der Waals surface area (Å²) in [7, 11) is 0. The minimum atomic E-state index is -0.718. The molecule has 8 heteroatoms. The molecular formula is C22H18ClN3O4. The Kier molecular flexibility index (Phi) is 4.20. The molecule has 30 heavy (non-hydrogen) atoms. The number of amides is 1. The average Bonchev–Trinajstić information content (AvgIpc) is 3.22. The van der Waals surface area contributed by atoms with Crippen molar-refractivity contribution >= 4 is 39.3 Å². The van der Waals surface area contributed by atoms with Crippen LogP contribution in [-0.2, 0) is 11.2 Å². The first-order valence-corrected chi connectivity index (χ1v) is 9.92. The maximum Gasteiger partial charge on any atom is 0.268 e. The van der Waals surface area contributed by atoms with Gasteiger partial charge in [-0.05, 0) is 42.3 Å². The molecule has 4 aromatic rings. The Morgan fingerprint density at radius 1 is 1.30 bits per heavy atom. The first-order chi connectivity index (χ1) is 14.4. The van der Waals surface area contributed by atoms with Gasteiger partial charge in [0.25, 0.3) is 5.56 Å². The van der Waals surface area contributed by atoms with Gasteiger partial charge in [-0.15, -0.1) is 0 Å². The second-order valence-corrected chi connectivity index (χ2v) is 7.98. The van der Waals surface area contributed by atoms with Crippen LogP contribution in [0, 0.1) is 6.92 Å². The van der Waals surface area contributed by atoms with Crippen molar-refractivity contribution in [3.63, 3.8) is 0 Å². The topological polar surface area (TPSA) is 97.4 Å². The number of aliphatic hydroxyl groups is 1. The number of rotatable bonds is 2. The maximum absolute atomic E-state index is 13.5. The molecule has 2 aromatic carbocycles. The number of carbonyl (C=O) groups is 1. The Balaban J connectivity index is 1.83. The van der Waals surface area contributed by atoms with E-state index in [-0.39, 0.29) is 11.5 Å². The second kappa shape index (κ2) is 6.68. The van der Waals surface area contributed by atoms with Gasteiger partial charge in [-0.25, -0.2) is 0 Å². The highest BCUT2D eigenvalue weighted by atomic mass is 35.5. The summed E-state index contributed by atoms with van der Waals surface area (Å²) < 4.78 is 6.87. The van der Waals surface area contributed by atoms with Gasteiger partial charge in [0.05, 0.1) is 22.7 Å². The van der Waals surface area contributed by atoms with Gasteiger partial charge in [-0.2, -0.15) is 0 Å². The van der Waals surface area contributed by atoms with E-state index in [1.807, 2.05) is 18.2 Å². The molecule has 0 saturated heterocycles. The molecule has 2 heterocycles. The van der Waals surface area contributed by atoms with Crippen LogP contribution in [-0.4, -0.2) is 26.8 Å². The van der Waals surface area contributed by atoms with Crippen molar-refractivity contribution in [1.82, 2.24) is 15.0 Å². The van der Waals surface area contributed by atoms with Crippen LogP contribution in [0.25, 0.3) is 27.5 Å². The zero-order valence-corrected chi connectivity index (χ0v) is 17.0. The molecule has 1 aliphatic rings. The predicted octanol–water partition coefficient (Wildman–Crippen LogP) is 3.19. The van der Waals surface area contributed by atoms with E-state index in [1.54, 1.807) is 29.7 Å². The lowest BCUT2D eigenvalue weighted by Crippen LogP contribution is -2.32. The minimum Gasteiger partial charge on any atom is -0.390 e. The molecule has 152 valence electrons. The quantitative estimate of drug-likeness (QED) is 0.516. The Labute approximate surface area is 175 Å². The van der Waals surface area contributed by atoms with Crippen molar-refractivity contribution in [2.45, 2.75) is 32.4 Å². The first kappa shape index (κ1) is 18.8. The average molecular weight is 424 g/mol. The van der Waals surface area contributed by atoms with Gasteiger partial charge in [0.15, 0.2) is 0 Å². The van der Waals surface area contributed by atoms with Crippen molar-refractivity contribution in [2.75, 3.05) is 0 Å². The third-order valence-electron chi connectivity index (χ3n) is 5.64. The van der Waals surface area contributed by atoms with Gasteiger partial charge >= 0.3 is 0 Å². The van der Waals surface area contributed by atoms with E-state index in [0.29, 0.717) is 44.7 Å². The van der Waals surface area contributed by atoms with Crippen molar-refractivity contribution in [3.8, 4) is 5.69 Å². The number of nitrogens with zero attached hydrogens (tertiary/aromatic N) is 2. The van der Waals surface area contributed by atoms with Crippen molar-refractivity contribution in [2.24, 2.45) is 0 Å². The fourth-order valence-electron chi connectivity index (χ4n) is 4.35. The van der Waals surface area contributed by atoms with Crippen LogP contribution in [0.1, 0.15) is 29.9 Å². The molecule has 2 aromatic heterocycles. The van der Waals surface area contributed by atoms with Gasteiger partial charge in [-0.3, -0.25) is 14.2 Å². The summed E-state index contributed by atoms with van der Waals surface area (Å²) in [6, 6.07) is 10.3. The van der Waals surface area contributed by atoms with Gasteiger partial charge < -0.3 is 14.9 Å². The summed E-state index contributed by atoms with van der Waals surface area (Å²) in [4.78, 5) is 25.1. The third-order valence-corrected chi connectivity index (χ3v) is 5.96. The fraction of sp³-hybridized carbons (Fsp3) is 0.227. The van der Waals surface area contributed by atoms with Crippen molar-refractivity contribution < 1.29 is 14.4 Å². The Morgan fingerprint density at radius 2 is 2.10 bits per heavy atom. The number of aromatic nitrogens is 2. The number of pyridine rings is 1. The highest BCUT2D eigenvalue weighted by molar-refractivity contribution is 6.37. The number of nitrogens with one attached hydrogen (secondary N) is 1. The third kappa shape index (κ3) is 2.66. The summed E-state index contributed by atoms with van der Waals surface area (Å²) in [6.07, 6.45) is -0.281. The normalized spacial score (nSPS) is 18.1. The lowest BCUT2D eigenvalue weighted by Gasteiger charge is -2.18. The van der Waals surface area contributed by atoms with Gasteiger partial charge in [0.1, 0.15) is 16.7 Å². The highest BCUT2D eigenvalue weighted by Gasteiger charge is 2.32. The summed E-state index contributed by atoms with van der Waals surface area (Å²) >= 11 is 6.47. The van der Waals surface area contributed by atoms with Crippen molar-refractivity contribution in [1.29, 1.82) is 0 Å². The van der Waals surface area contributed by atoms with E-state index < -0.39 is 12.1 Å². The van der Waals surface area contributed by atoms with Crippen LogP contribution in [0.2, 0.25) is 5.02 Å². The lowest BCUT2D eigenvalue weighted by molar-refractivity contribution is -0.120. The molecule has 0 bridgehead atoms. The molecule has 7 nitrogen and oxygen atoms in total. The SMILES string of the molecule is CC(=O)NC1c2cc(-n3c(=O)c4c(C)onc4c4c(Cl)cccc43)ccc2CC1O. The molecular weight excluding hydrogens is 406 g/mol. The molecule has 0 radical (unpaired) electrons. The molecule has 0 spiro atoms. The summed E-state index contributed by atoms with van der Waals surface area (Å²) in [5, 5.41) is 18.7. The zero-order chi connectivity index (χ0) is 21.2. The van der Waals surface area contributed by atoms with Crippen LogP contribution >= 0.6 is 11.6 Å². The second-order valence-electron chi connectivity index (χ2n) is 7.57. The molecule has 1 aliphatic carbocycles. The number of carbonyl (C=O) groups excluding carboxylic acids is 1. The van der Waals surface area contributed by atoms with E-state index >= 15 is 0 Å². The highest BCUT2D eigenvalue weighted by Crippen LogP contribution is 2.35. The van der Waals surface area contributed by atoms with Gasteiger partial charge in [-0.1, -0.05) is 28.9 Å². The smallest absolute Gasteiger partial charge is 0.268 e. The molecule has 0 saturated carbocycles. The summed E-state index contributed by atoms with van der Waals surface area (Å²) in [6.45, 7) is 3.10. The molecule has 1 amide bonds. The summed E-state index contributed by atoms with van der Waals surface area (Å²) in [5.74, 6) is 0.187. The Hall–Kier alpha value is -3.16. The fourth-order valence-corrected chi connectivity index (χ4v) is 4.60. The van der Waals surface area contributed by atoms with Crippen molar-refractivity contribution in [3.05, 3.63) is 68.7 Å². The number of halogens is 1. The number of hydrogen-bond acceptors (Lipinski definition) is 5.